The summed E-state index contributed by atoms with van der Waals surface area (Å²) in [6.07, 6.45) is 2.31. The van der Waals surface area contributed by atoms with Crippen molar-refractivity contribution in [2.75, 3.05) is 7.11 Å². The van der Waals surface area contributed by atoms with Crippen LogP contribution in [0.15, 0.2) is 48.7 Å². The molecule has 0 spiro atoms. The molecule has 0 fully saturated rings. The maximum atomic E-state index is 12.6. The molecule has 26 heavy (non-hydrogen) atoms. The molecule has 2 atom stereocenters. The van der Waals surface area contributed by atoms with Gasteiger partial charge in [0.15, 0.2) is 6.04 Å². The number of hydrogen-bond acceptors (Lipinski definition) is 5. The van der Waals surface area contributed by atoms with Gasteiger partial charge in [0.05, 0.1) is 7.11 Å². The Morgan fingerprint density at radius 2 is 1.92 bits per heavy atom. The van der Waals surface area contributed by atoms with Gasteiger partial charge < -0.3 is 15.2 Å². The first-order chi connectivity index (χ1) is 12.3. The molecule has 1 aromatic carbocycles. The van der Waals surface area contributed by atoms with Crippen LogP contribution in [0, 0.1) is 6.92 Å². The normalized spacial score (nSPS) is 14.2. The third kappa shape index (κ3) is 4.89. The lowest BCUT2D eigenvalue weighted by atomic mass is 9.95. The Balaban J connectivity index is 2.09. The van der Waals surface area contributed by atoms with Crippen molar-refractivity contribution in [3.63, 3.8) is 0 Å². The van der Waals surface area contributed by atoms with Crippen molar-refractivity contribution in [3.8, 4) is 0 Å². The van der Waals surface area contributed by atoms with Gasteiger partial charge >= 0.3 is 5.97 Å². The number of nitrogens with zero attached hydrogens (tertiary/aromatic N) is 1. The Bertz CT molecular complexity index is 759. The number of pyridine rings is 1. The molecule has 1 amide bonds. The van der Waals surface area contributed by atoms with Crippen LogP contribution in [-0.2, 0) is 20.7 Å². The van der Waals surface area contributed by atoms with Crippen LogP contribution in [0.4, 0.5) is 0 Å². The molecule has 138 valence electrons. The second-order valence-electron chi connectivity index (χ2n) is 6.38. The van der Waals surface area contributed by atoms with Gasteiger partial charge in [0, 0.05) is 11.9 Å². The zero-order valence-electron chi connectivity index (χ0n) is 15.2. The highest BCUT2D eigenvalue weighted by molar-refractivity contribution is 5.89. The number of aliphatic hydroxyl groups is 1. The lowest BCUT2D eigenvalue weighted by Gasteiger charge is -2.25. The number of benzene rings is 1. The average Bonchev–Trinajstić information content (AvgIpc) is 2.65. The minimum atomic E-state index is -1.65. The molecule has 0 saturated carbocycles. The van der Waals surface area contributed by atoms with Crippen LogP contribution in [0.3, 0.4) is 0 Å². The maximum absolute atomic E-state index is 12.6. The summed E-state index contributed by atoms with van der Waals surface area (Å²) in [5, 5.41) is 13.2. The zero-order valence-corrected chi connectivity index (χ0v) is 15.2. The fraction of sp³-hybridized carbons (Fsp3) is 0.350. The quantitative estimate of drug-likeness (QED) is 0.742. The molecular formula is C20H24N2O4. The number of aromatic nitrogens is 1. The molecule has 2 aromatic rings. The van der Waals surface area contributed by atoms with E-state index in [0.29, 0.717) is 12.0 Å². The summed E-state index contributed by atoms with van der Waals surface area (Å²) in [6.45, 7) is 3.36. The van der Waals surface area contributed by atoms with Crippen molar-refractivity contribution in [1.29, 1.82) is 0 Å². The summed E-state index contributed by atoms with van der Waals surface area (Å²) in [7, 11) is 1.26. The largest absolute Gasteiger partial charge is 0.467 e. The highest BCUT2D eigenvalue weighted by Crippen LogP contribution is 2.19. The van der Waals surface area contributed by atoms with Gasteiger partial charge in [0.2, 0.25) is 0 Å². The van der Waals surface area contributed by atoms with Crippen molar-refractivity contribution < 1.29 is 19.4 Å². The Labute approximate surface area is 153 Å². The summed E-state index contributed by atoms with van der Waals surface area (Å²) in [5.41, 5.74) is 0.767. The Kier molecular flexibility index (Phi) is 6.46. The Morgan fingerprint density at radius 1 is 1.23 bits per heavy atom. The molecule has 0 unspecified atom stereocenters. The van der Waals surface area contributed by atoms with E-state index < -0.39 is 23.5 Å². The van der Waals surface area contributed by atoms with Gasteiger partial charge in [-0.15, -0.1) is 0 Å². The van der Waals surface area contributed by atoms with E-state index >= 15 is 0 Å². The summed E-state index contributed by atoms with van der Waals surface area (Å²) in [4.78, 5) is 28.9. The molecular weight excluding hydrogens is 332 g/mol. The van der Waals surface area contributed by atoms with Crippen LogP contribution in [0.5, 0.6) is 0 Å². The molecule has 0 radical (unpaired) electrons. The van der Waals surface area contributed by atoms with Gasteiger partial charge in [0.1, 0.15) is 5.60 Å². The molecule has 1 aromatic heterocycles. The van der Waals surface area contributed by atoms with E-state index in [1.54, 1.807) is 30.5 Å². The summed E-state index contributed by atoms with van der Waals surface area (Å²) < 4.78 is 4.78. The van der Waals surface area contributed by atoms with Crippen molar-refractivity contribution in [2.45, 2.75) is 38.3 Å². The number of nitrogens with one attached hydrogen (secondary N) is 1. The van der Waals surface area contributed by atoms with Crippen LogP contribution in [0.25, 0.3) is 0 Å². The van der Waals surface area contributed by atoms with E-state index in [1.165, 1.54) is 14.0 Å². The van der Waals surface area contributed by atoms with E-state index in [1.807, 2.05) is 25.1 Å². The van der Waals surface area contributed by atoms with Crippen molar-refractivity contribution in [2.24, 2.45) is 0 Å². The number of carbonyl (C=O) groups is 2. The Hall–Kier alpha value is -2.73. The number of hydrogen-bond donors (Lipinski definition) is 2. The first-order valence-corrected chi connectivity index (χ1v) is 8.42. The predicted octanol–water partition coefficient (Wildman–Crippen LogP) is 2.10. The second kappa shape index (κ2) is 8.58. The predicted molar refractivity (Wildman–Crippen MR) is 97.3 cm³/mol. The molecule has 2 N–H and O–H groups in total. The topological polar surface area (TPSA) is 88.5 Å². The minimum Gasteiger partial charge on any atom is -0.467 e. The van der Waals surface area contributed by atoms with Crippen molar-refractivity contribution in [3.05, 3.63) is 65.5 Å². The van der Waals surface area contributed by atoms with Crippen LogP contribution in [-0.4, -0.2) is 34.7 Å². The molecule has 2 rings (SSSR count). The Morgan fingerprint density at radius 3 is 2.54 bits per heavy atom. The fourth-order valence-electron chi connectivity index (χ4n) is 2.58. The smallest absolute Gasteiger partial charge is 0.333 e. The molecule has 0 bridgehead atoms. The average molecular weight is 356 g/mol. The number of ether oxygens (including phenoxy) is 1. The lowest BCUT2D eigenvalue weighted by Crippen LogP contribution is -2.48. The monoisotopic (exact) mass is 356 g/mol. The molecule has 6 nitrogen and oxygen atoms in total. The van der Waals surface area contributed by atoms with Crippen LogP contribution in [0.1, 0.15) is 36.2 Å². The number of amides is 1. The van der Waals surface area contributed by atoms with E-state index in [2.05, 4.69) is 10.3 Å². The van der Waals surface area contributed by atoms with Gasteiger partial charge in [-0.1, -0.05) is 36.4 Å². The fourth-order valence-corrected chi connectivity index (χ4v) is 2.58. The van der Waals surface area contributed by atoms with E-state index in [0.717, 1.165) is 11.3 Å². The van der Waals surface area contributed by atoms with Gasteiger partial charge in [-0.2, -0.15) is 0 Å². The van der Waals surface area contributed by atoms with Crippen molar-refractivity contribution in [1.82, 2.24) is 10.3 Å². The van der Waals surface area contributed by atoms with Crippen LogP contribution in [0.2, 0.25) is 0 Å². The lowest BCUT2D eigenvalue weighted by molar-refractivity contribution is -0.149. The SMILES string of the molecule is COC(=O)[C@@H](NC(=O)[C@](C)(O)CCc1ncccc1C)c1ccccc1. The molecule has 1 heterocycles. The molecule has 0 aliphatic heterocycles. The number of rotatable bonds is 7. The third-order valence-corrected chi connectivity index (χ3v) is 4.30. The molecule has 0 saturated heterocycles. The van der Waals surface area contributed by atoms with Gasteiger partial charge in [0.25, 0.3) is 5.91 Å². The third-order valence-electron chi connectivity index (χ3n) is 4.30. The van der Waals surface area contributed by atoms with Gasteiger partial charge in [-0.25, -0.2) is 4.79 Å². The van der Waals surface area contributed by atoms with Crippen molar-refractivity contribution >= 4 is 11.9 Å². The van der Waals surface area contributed by atoms with Gasteiger partial charge in [-0.05, 0) is 43.9 Å². The van der Waals surface area contributed by atoms with E-state index in [9.17, 15) is 14.7 Å². The molecule has 0 aliphatic carbocycles. The number of esters is 1. The first kappa shape index (κ1) is 19.6. The molecule has 6 heteroatoms. The summed E-state index contributed by atoms with van der Waals surface area (Å²) in [6, 6.07) is 11.6. The van der Waals surface area contributed by atoms with E-state index in [-0.39, 0.29) is 6.42 Å². The standard InChI is InChI=1S/C20H24N2O4/c1-14-8-7-13-21-16(14)11-12-20(2,25)19(24)22-17(18(23)26-3)15-9-5-4-6-10-15/h4-10,13,17,25H,11-12H2,1-3H3,(H,22,24)/t17-,20+/m0/s1. The number of methoxy groups -OCH3 is 1. The van der Waals surface area contributed by atoms with Crippen LogP contribution < -0.4 is 5.32 Å². The zero-order chi connectivity index (χ0) is 19.2. The minimum absolute atomic E-state index is 0.180. The highest BCUT2D eigenvalue weighted by Gasteiger charge is 2.34. The number of carbonyl (C=O) groups excluding carboxylic acids is 2. The van der Waals surface area contributed by atoms with Crippen LogP contribution >= 0.6 is 0 Å². The van der Waals surface area contributed by atoms with E-state index in [4.69, 9.17) is 4.74 Å². The maximum Gasteiger partial charge on any atom is 0.333 e. The summed E-state index contributed by atoms with van der Waals surface area (Å²) >= 11 is 0. The molecule has 0 aliphatic rings. The number of aryl methyl sites for hydroxylation is 2. The second-order valence-corrected chi connectivity index (χ2v) is 6.38. The highest BCUT2D eigenvalue weighted by atomic mass is 16.5. The van der Waals surface area contributed by atoms with Gasteiger partial charge in [-0.3, -0.25) is 9.78 Å². The summed E-state index contributed by atoms with van der Waals surface area (Å²) in [5.74, 6) is -1.23. The first-order valence-electron chi connectivity index (χ1n) is 8.42.